The quantitative estimate of drug-likeness (QED) is 0.803. The van der Waals surface area contributed by atoms with Crippen molar-refractivity contribution in [1.82, 2.24) is 9.38 Å². The fourth-order valence-corrected chi connectivity index (χ4v) is 2.44. The summed E-state index contributed by atoms with van der Waals surface area (Å²) in [4.78, 5) is 4.68. The highest BCUT2D eigenvalue weighted by Crippen LogP contribution is 2.33. The van der Waals surface area contributed by atoms with Gasteiger partial charge in [0.2, 0.25) is 0 Å². The maximum absolute atomic E-state index is 5.88. The number of aryl methyl sites for hydroxylation is 1. The van der Waals surface area contributed by atoms with Crippen molar-refractivity contribution in [1.29, 1.82) is 0 Å². The van der Waals surface area contributed by atoms with Crippen molar-refractivity contribution in [3.8, 4) is 22.8 Å². The first kappa shape index (κ1) is 13.3. The van der Waals surface area contributed by atoms with E-state index in [0.29, 0.717) is 5.69 Å². The Hall–Kier alpha value is -2.69. The van der Waals surface area contributed by atoms with Crippen LogP contribution in [0, 0.1) is 6.92 Å². The molecule has 108 valence electrons. The Balaban J connectivity index is 2.22. The van der Waals surface area contributed by atoms with E-state index in [1.807, 2.05) is 48.0 Å². The van der Waals surface area contributed by atoms with Gasteiger partial charge in [-0.25, -0.2) is 4.98 Å². The molecule has 2 heterocycles. The van der Waals surface area contributed by atoms with Crippen LogP contribution in [0.1, 0.15) is 5.56 Å². The number of rotatable bonds is 3. The third-order valence-electron chi connectivity index (χ3n) is 3.44. The first-order chi connectivity index (χ1) is 10.1. The standard InChI is InChI=1S/C16H17N3O2/c1-10-6-11(17)8-19-9-14(18-16(10)19)13-7-12(20-2)4-5-15(13)21-3/h4-9H,17H2,1-3H3. The summed E-state index contributed by atoms with van der Waals surface area (Å²) in [5.41, 5.74) is 10.2. The molecule has 0 aliphatic carbocycles. The molecule has 0 unspecified atom stereocenters. The van der Waals surface area contributed by atoms with E-state index in [9.17, 15) is 0 Å². The molecule has 21 heavy (non-hydrogen) atoms. The molecule has 0 bridgehead atoms. The molecular formula is C16H17N3O2. The van der Waals surface area contributed by atoms with Gasteiger partial charge in [-0.3, -0.25) is 0 Å². The Morgan fingerprint density at radius 3 is 2.62 bits per heavy atom. The zero-order valence-corrected chi connectivity index (χ0v) is 12.3. The van der Waals surface area contributed by atoms with Gasteiger partial charge in [-0.1, -0.05) is 0 Å². The second kappa shape index (κ2) is 5.01. The van der Waals surface area contributed by atoms with E-state index in [1.54, 1.807) is 14.2 Å². The number of aromatic nitrogens is 2. The molecule has 0 radical (unpaired) electrons. The monoisotopic (exact) mass is 283 g/mol. The number of hydrogen-bond donors (Lipinski definition) is 1. The first-order valence-electron chi connectivity index (χ1n) is 6.59. The van der Waals surface area contributed by atoms with Crippen LogP contribution in [0.3, 0.4) is 0 Å². The average molecular weight is 283 g/mol. The maximum Gasteiger partial charge on any atom is 0.140 e. The molecule has 3 rings (SSSR count). The highest BCUT2D eigenvalue weighted by Gasteiger charge is 2.12. The molecule has 0 saturated heterocycles. The summed E-state index contributed by atoms with van der Waals surface area (Å²) in [5.74, 6) is 1.52. The van der Waals surface area contributed by atoms with E-state index in [2.05, 4.69) is 4.98 Å². The molecule has 1 aromatic carbocycles. The Labute approximate surface area is 122 Å². The number of hydrogen-bond acceptors (Lipinski definition) is 4. The van der Waals surface area contributed by atoms with Crippen molar-refractivity contribution in [2.75, 3.05) is 20.0 Å². The van der Waals surface area contributed by atoms with Gasteiger partial charge in [0.15, 0.2) is 0 Å². The van der Waals surface area contributed by atoms with Crippen LogP contribution in [0.2, 0.25) is 0 Å². The molecule has 0 amide bonds. The van der Waals surface area contributed by atoms with Gasteiger partial charge in [0.1, 0.15) is 17.1 Å². The molecule has 2 N–H and O–H groups in total. The van der Waals surface area contributed by atoms with Crippen LogP contribution in [0.25, 0.3) is 16.9 Å². The predicted molar refractivity (Wildman–Crippen MR) is 82.9 cm³/mol. The molecule has 2 aromatic heterocycles. The Morgan fingerprint density at radius 1 is 1.10 bits per heavy atom. The highest BCUT2D eigenvalue weighted by atomic mass is 16.5. The zero-order chi connectivity index (χ0) is 15.0. The third-order valence-corrected chi connectivity index (χ3v) is 3.44. The Morgan fingerprint density at radius 2 is 1.90 bits per heavy atom. The SMILES string of the molecule is COc1ccc(OC)c(-c2cn3cc(N)cc(C)c3n2)c1. The van der Waals surface area contributed by atoms with E-state index in [-0.39, 0.29) is 0 Å². The minimum absolute atomic E-state index is 0.710. The summed E-state index contributed by atoms with van der Waals surface area (Å²) < 4.78 is 12.6. The van der Waals surface area contributed by atoms with Crippen LogP contribution in [0.4, 0.5) is 5.69 Å². The van der Waals surface area contributed by atoms with E-state index in [0.717, 1.165) is 34.0 Å². The van der Waals surface area contributed by atoms with Gasteiger partial charge in [-0.15, -0.1) is 0 Å². The van der Waals surface area contributed by atoms with Crippen LogP contribution in [-0.4, -0.2) is 23.6 Å². The van der Waals surface area contributed by atoms with Crippen molar-refractivity contribution < 1.29 is 9.47 Å². The van der Waals surface area contributed by atoms with Crippen LogP contribution in [-0.2, 0) is 0 Å². The molecule has 3 aromatic rings. The lowest BCUT2D eigenvalue weighted by molar-refractivity contribution is 0.404. The van der Waals surface area contributed by atoms with Crippen LogP contribution in [0.15, 0.2) is 36.7 Å². The number of fused-ring (bicyclic) bond motifs is 1. The molecule has 5 heteroatoms. The third kappa shape index (κ3) is 2.27. The van der Waals surface area contributed by atoms with E-state index < -0.39 is 0 Å². The van der Waals surface area contributed by atoms with Gasteiger partial charge in [-0.2, -0.15) is 0 Å². The fraction of sp³-hybridized carbons (Fsp3) is 0.188. The lowest BCUT2D eigenvalue weighted by Crippen LogP contribution is -1.92. The number of pyridine rings is 1. The molecule has 0 spiro atoms. The molecule has 0 fully saturated rings. The summed E-state index contributed by atoms with van der Waals surface area (Å²) in [6, 6.07) is 7.56. The molecule has 0 aliphatic heterocycles. The Kier molecular flexibility index (Phi) is 3.17. The predicted octanol–water partition coefficient (Wildman–Crippen LogP) is 2.91. The summed E-state index contributed by atoms with van der Waals surface area (Å²) >= 11 is 0. The van der Waals surface area contributed by atoms with E-state index in [4.69, 9.17) is 15.2 Å². The topological polar surface area (TPSA) is 61.8 Å². The minimum atomic E-state index is 0.710. The van der Waals surface area contributed by atoms with Gasteiger partial charge in [0.25, 0.3) is 0 Å². The lowest BCUT2D eigenvalue weighted by atomic mass is 10.1. The first-order valence-corrected chi connectivity index (χ1v) is 6.59. The van der Waals surface area contributed by atoms with Gasteiger partial charge in [0.05, 0.1) is 19.9 Å². The number of nitrogens with two attached hydrogens (primary N) is 1. The molecule has 0 atom stereocenters. The van der Waals surface area contributed by atoms with Crippen molar-refractivity contribution in [3.05, 3.63) is 42.2 Å². The largest absolute Gasteiger partial charge is 0.497 e. The maximum atomic E-state index is 5.88. The number of nitrogen functional groups attached to an aromatic ring is 1. The molecule has 0 aliphatic rings. The van der Waals surface area contributed by atoms with Crippen molar-refractivity contribution in [2.24, 2.45) is 0 Å². The summed E-state index contributed by atoms with van der Waals surface area (Å²) in [6.45, 7) is 1.99. The summed E-state index contributed by atoms with van der Waals surface area (Å²) in [5, 5.41) is 0. The summed E-state index contributed by atoms with van der Waals surface area (Å²) in [7, 11) is 3.28. The van der Waals surface area contributed by atoms with Gasteiger partial charge in [0, 0.05) is 23.6 Å². The van der Waals surface area contributed by atoms with Gasteiger partial charge < -0.3 is 19.6 Å². The van der Waals surface area contributed by atoms with E-state index in [1.165, 1.54) is 0 Å². The highest BCUT2D eigenvalue weighted by molar-refractivity contribution is 5.72. The van der Waals surface area contributed by atoms with Crippen molar-refractivity contribution in [2.45, 2.75) is 6.92 Å². The Bertz CT molecular complexity index is 809. The second-order valence-corrected chi connectivity index (χ2v) is 4.88. The van der Waals surface area contributed by atoms with Crippen LogP contribution in [0.5, 0.6) is 11.5 Å². The molecule has 5 nitrogen and oxygen atoms in total. The number of nitrogens with zero attached hydrogens (tertiary/aromatic N) is 2. The number of methoxy groups -OCH3 is 2. The minimum Gasteiger partial charge on any atom is -0.497 e. The van der Waals surface area contributed by atoms with Crippen molar-refractivity contribution >= 4 is 11.3 Å². The zero-order valence-electron chi connectivity index (χ0n) is 12.3. The average Bonchev–Trinajstić information content (AvgIpc) is 2.90. The van der Waals surface area contributed by atoms with Crippen LogP contribution < -0.4 is 15.2 Å². The van der Waals surface area contributed by atoms with Crippen molar-refractivity contribution in [3.63, 3.8) is 0 Å². The lowest BCUT2D eigenvalue weighted by Gasteiger charge is -2.08. The normalized spacial score (nSPS) is 10.8. The number of imidazole rings is 1. The van der Waals surface area contributed by atoms with Gasteiger partial charge >= 0.3 is 0 Å². The number of benzene rings is 1. The number of anilines is 1. The number of ether oxygens (including phenoxy) is 2. The summed E-state index contributed by atoms with van der Waals surface area (Å²) in [6.07, 6.45) is 3.79. The molecular weight excluding hydrogens is 266 g/mol. The van der Waals surface area contributed by atoms with Gasteiger partial charge in [-0.05, 0) is 36.8 Å². The second-order valence-electron chi connectivity index (χ2n) is 4.88. The molecule has 0 saturated carbocycles. The van der Waals surface area contributed by atoms with Crippen LogP contribution >= 0.6 is 0 Å². The van der Waals surface area contributed by atoms with E-state index >= 15 is 0 Å². The fourth-order valence-electron chi connectivity index (χ4n) is 2.44. The smallest absolute Gasteiger partial charge is 0.140 e.